The minimum absolute atomic E-state index is 0.0506. The minimum Gasteiger partial charge on any atom is -0.436 e. The first-order chi connectivity index (χ1) is 14.0. The van der Waals surface area contributed by atoms with E-state index in [1.165, 1.54) is 19.4 Å². The molecule has 3 fully saturated rings. The third-order valence-corrected chi connectivity index (χ3v) is 6.22. The van der Waals surface area contributed by atoms with E-state index in [2.05, 4.69) is 15.2 Å². The summed E-state index contributed by atoms with van der Waals surface area (Å²) < 4.78 is 11.0. The zero-order valence-corrected chi connectivity index (χ0v) is 17.5. The Hall–Kier alpha value is -1.93. The number of nitrogens with zero attached hydrogens (tertiary/aromatic N) is 3. The Labute approximate surface area is 172 Å². The summed E-state index contributed by atoms with van der Waals surface area (Å²) in [5.41, 5.74) is 0.578. The Bertz CT molecular complexity index is 737. The zero-order chi connectivity index (χ0) is 20.4. The van der Waals surface area contributed by atoms with Crippen LogP contribution in [0.25, 0.3) is 0 Å². The van der Waals surface area contributed by atoms with Gasteiger partial charge < -0.3 is 24.3 Å². The summed E-state index contributed by atoms with van der Waals surface area (Å²) >= 11 is 0. The first kappa shape index (κ1) is 20.3. The fourth-order valence-corrected chi connectivity index (χ4v) is 4.34. The monoisotopic (exact) mass is 404 g/mol. The Kier molecular flexibility index (Phi) is 6.20. The number of carbonyl (C=O) groups excluding carboxylic acids is 2. The third-order valence-electron chi connectivity index (χ3n) is 6.22. The molecule has 0 spiro atoms. The van der Waals surface area contributed by atoms with Crippen molar-refractivity contribution in [3.63, 3.8) is 0 Å². The van der Waals surface area contributed by atoms with Gasteiger partial charge in [-0.3, -0.25) is 9.59 Å². The lowest BCUT2D eigenvalue weighted by Crippen LogP contribution is -2.52. The summed E-state index contributed by atoms with van der Waals surface area (Å²) in [6.07, 6.45) is 4.91. The van der Waals surface area contributed by atoms with E-state index in [-0.39, 0.29) is 30.3 Å². The summed E-state index contributed by atoms with van der Waals surface area (Å²) in [5, 5.41) is 2.85. The summed E-state index contributed by atoms with van der Waals surface area (Å²) in [6.45, 7) is 8.77. The van der Waals surface area contributed by atoms with Crippen molar-refractivity contribution in [1.29, 1.82) is 0 Å². The first-order valence-corrected chi connectivity index (χ1v) is 10.8. The Morgan fingerprint density at radius 3 is 2.52 bits per heavy atom. The van der Waals surface area contributed by atoms with Gasteiger partial charge in [-0.1, -0.05) is 0 Å². The maximum absolute atomic E-state index is 12.3. The van der Waals surface area contributed by atoms with E-state index < -0.39 is 0 Å². The Balaban J connectivity index is 1.22. The van der Waals surface area contributed by atoms with Crippen molar-refractivity contribution in [2.75, 3.05) is 45.9 Å². The summed E-state index contributed by atoms with van der Waals surface area (Å²) in [6, 6.07) is 0. The molecule has 1 aromatic rings. The highest BCUT2D eigenvalue weighted by molar-refractivity contribution is 5.92. The van der Waals surface area contributed by atoms with Crippen LogP contribution in [0.2, 0.25) is 0 Å². The molecule has 3 aliphatic rings. The van der Waals surface area contributed by atoms with Crippen LogP contribution in [0.1, 0.15) is 47.8 Å². The number of morpholine rings is 1. The van der Waals surface area contributed by atoms with Crippen LogP contribution in [0.5, 0.6) is 0 Å². The van der Waals surface area contributed by atoms with Gasteiger partial charge in [-0.2, -0.15) is 0 Å². The largest absolute Gasteiger partial charge is 0.436 e. The molecule has 1 atom stereocenters. The molecular formula is C21H32N4O4. The molecule has 8 nitrogen and oxygen atoms in total. The Morgan fingerprint density at radius 2 is 1.86 bits per heavy atom. The van der Waals surface area contributed by atoms with Gasteiger partial charge in [0.2, 0.25) is 11.7 Å². The van der Waals surface area contributed by atoms with Gasteiger partial charge in [-0.15, -0.1) is 0 Å². The molecule has 29 heavy (non-hydrogen) atoms. The van der Waals surface area contributed by atoms with E-state index in [0.29, 0.717) is 30.6 Å². The molecule has 1 saturated carbocycles. The third kappa shape index (κ3) is 5.36. The Morgan fingerprint density at radius 1 is 1.14 bits per heavy atom. The lowest BCUT2D eigenvalue weighted by molar-refractivity contribution is -0.149. The normalized spacial score (nSPS) is 24.1. The maximum Gasteiger partial charge on any atom is 0.289 e. The molecule has 0 unspecified atom stereocenters. The zero-order valence-electron chi connectivity index (χ0n) is 17.5. The molecule has 4 rings (SSSR count). The van der Waals surface area contributed by atoms with E-state index in [1.807, 2.05) is 4.90 Å². The summed E-state index contributed by atoms with van der Waals surface area (Å²) in [7, 11) is 0. The van der Waals surface area contributed by atoms with Gasteiger partial charge in [-0.25, -0.2) is 4.98 Å². The number of likely N-dealkylation sites (tertiary alicyclic amines) is 1. The lowest BCUT2D eigenvalue weighted by Gasteiger charge is -2.38. The predicted molar refractivity (Wildman–Crippen MR) is 107 cm³/mol. The van der Waals surface area contributed by atoms with E-state index in [9.17, 15) is 9.59 Å². The quantitative estimate of drug-likeness (QED) is 0.739. The molecule has 0 radical (unpaired) electrons. The van der Waals surface area contributed by atoms with Crippen molar-refractivity contribution in [2.45, 2.75) is 45.6 Å². The number of oxazole rings is 1. The van der Waals surface area contributed by atoms with Crippen molar-refractivity contribution >= 4 is 11.8 Å². The van der Waals surface area contributed by atoms with Gasteiger partial charge in [0.1, 0.15) is 6.61 Å². The highest BCUT2D eigenvalue weighted by Gasteiger charge is 2.31. The number of nitrogens with one attached hydrogen (secondary N) is 1. The van der Waals surface area contributed by atoms with Crippen LogP contribution < -0.4 is 5.32 Å². The standard InChI is InChI=1S/C21H32N4O4/c1-14-20(29-15(2)23-14)21(27)22-9-18-12-25(19(26)13-28-18)11-17-5-7-24(8-6-17)10-16-3-4-16/h16-18H,3-13H2,1-2H3,(H,22,27)/t18-/m1/s1. The van der Waals surface area contributed by atoms with Crippen LogP contribution in [0.4, 0.5) is 0 Å². The molecular weight excluding hydrogens is 372 g/mol. The molecule has 2 amide bonds. The summed E-state index contributed by atoms with van der Waals surface area (Å²) in [4.78, 5) is 33.3. The van der Waals surface area contributed by atoms with Crippen LogP contribution in [0.15, 0.2) is 4.42 Å². The second-order valence-corrected chi connectivity index (χ2v) is 8.78. The number of amides is 2. The van der Waals surface area contributed by atoms with Crippen molar-refractivity contribution in [1.82, 2.24) is 20.1 Å². The molecule has 0 bridgehead atoms. The number of aromatic nitrogens is 1. The highest BCUT2D eigenvalue weighted by Crippen LogP contribution is 2.31. The highest BCUT2D eigenvalue weighted by atomic mass is 16.5. The predicted octanol–water partition coefficient (Wildman–Crippen LogP) is 1.37. The van der Waals surface area contributed by atoms with Crippen LogP contribution in [-0.2, 0) is 9.53 Å². The first-order valence-electron chi connectivity index (χ1n) is 10.8. The molecule has 3 heterocycles. The number of hydrogen-bond donors (Lipinski definition) is 1. The second kappa shape index (κ2) is 8.83. The van der Waals surface area contributed by atoms with Gasteiger partial charge in [0.25, 0.3) is 5.91 Å². The van der Waals surface area contributed by atoms with Crippen LogP contribution in [-0.4, -0.2) is 78.6 Å². The molecule has 160 valence electrons. The second-order valence-electron chi connectivity index (χ2n) is 8.78. The minimum atomic E-state index is -0.293. The van der Waals surface area contributed by atoms with Gasteiger partial charge in [0, 0.05) is 33.1 Å². The van der Waals surface area contributed by atoms with Crippen molar-refractivity contribution in [2.24, 2.45) is 11.8 Å². The van der Waals surface area contributed by atoms with Gasteiger partial charge >= 0.3 is 0 Å². The van der Waals surface area contributed by atoms with Gasteiger partial charge in [0.05, 0.1) is 11.8 Å². The average molecular weight is 405 g/mol. The van der Waals surface area contributed by atoms with E-state index in [0.717, 1.165) is 38.4 Å². The van der Waals surface area contributed by atoms with E-state index in [1.54, 1.807) is 13.8 Å². The molecule has 2 saturated heterocycles. The number of ether oxygens (including phenoxy) is 1. The van der Waals surface area contributed by atoms with Crippen LogP contribution >= 0.6 is 0 Å². The number of carbonyl (C=O) groups is 2. The van der Waals surface area contributed by atoms with Gasteiger partial charge in [-0.05, 0) is 57.5 Å². The van der Waals surface area contributed by atoms with E-state index in [4.69, 9.17) is 9.15 Å². The topological polar surface area (TPSA) is 87.9 Å². The van der Waals surface area contributed by atoms with Gasteiger partial charge in [0.15, 0.2) is 5.89 Å². The number of piperidine rings is 1. The van der Waals surface area contributed by atoms with Crippen molar-refractivity contribution < 1.29 is 18.7 Å². The number of aryl methyl sites for hydroxylation is 2. The molecule has 1 N–H and O–H groups in total. The van der Waals surface area contributed by atoms with Crippen molar-refractivity contribution in [3.8, 4) is 0 Å². The number of rotatable bonds is 7. The fraction of sp³-hybridized carbons (Fsp3) is 0.762. The van der Waals surface area contributed by atoms with Crippen LogP contribution in [0.3, 0.4) is 0 Å². The molecule has 2 aliphatic heterocycles. The fourth-order valence-electron chi connectivity index (χ4n) is 4.34. The maximum atomic E-state index is 12.3. The van der Waals surface area contributed by atoms with Crippen molar-refractivity contribution in [3.05, 3.63) is 17.3 Å². The SMILES string of the molecule is Cc1nc(C)c(C(=O)NC[C@@H]2CN(CC3CCN(CC4CC4)CC3)C(=O)CO2)o1. The number of hydrogen-bond acceptors (Lipinski definition) is 6. The lowest BCUT2D eigenvalue weighted by atomic mass is 9.95. The molecule has 1 aliphatic carbocycles. The summed E-state index contributed by atoms with van der Waals surface area (Å²) in [5.74, 6) is 1.97. The molecule has 0 aromatic carbocycles. The van der Waals surface area contributed by atoms with E-state index >= 15 is 0 Å². The molecule has 8 heteroatoms. The average Bonchev–Trinajstić information content (AvgIpc) is 3.45. The smallest absolute Gasteiger partial charge is 0.289 e. The molecule has 1 aromatic heterocycles. The van der Waals surface area contributed by atoms with Crippen LogP contribution in [0, 0.1) is 25.7 Å².